The Morgan fingerprint density at radius 2 is 1.95 bits per heavy atom. The summed E-state index contributed by atoms with van der Waals surface area (Å²) in [5.74, 6) is -0.646. The smallest absolute Gasteiger partial charge is 0.325 e. The normalized spacial score (nSPS) is 9.62. The van der Waals surface area contributed by atoms with E-state index >= 15 is 0 Å². The number of ether oxygens (including phenoxy) is 1. The van der Waals surface area contributed by atoms with Crippen LogP contribution in [0.5, 0.6) is 0 Å². The van der Waals surface area contributed by atoms with E-state index in [2.05, 4.69) is 20.7 Å². The highest BCUT2D eigenvalue weighted by molar-refractivity contribution is 5.88. The van der Waals surface area contributed by atoms with E-state index in [1.165, 1.54) is 6.92 Å². The second-order valence-corrected chi connectivity index (χ2v) is 4.22. The molecule has 114 valence electrons. The quantitative estimate of drug-likeness (QED) is 0.682. The van der Waals surface area contributed by atoms with Gasteiger partial charge in [-0.2, -0.15) is 0 Å². The standard InChI is InChI=1S/C14H19N3O4/c1-3-21-13(19)9-16-14(20)15-8-11-5-4-6-12(7-11)17-10(2)18/h4-7H,3,8-9H2,1-2H3,(H,17,18)(H2,15,16,20). The van der Waals surface area contributed by atoms with E-state index < -0.39 is 12.0 Å². The molecule has 0 heterocycles. The lowest BCUT2D eigenvalue weighted by atomic mass is 10.2. The lowest BCUT2D eigenvalue weighted by Crippen LogP contribution is -2.38. The van der Waals surface area contributed by atoms with Crippen LogP contribution in [0, 0.1) is 0 Å². The molecule has 0 saturated heterocycles. The molecule has 0 fully saturated rings. The summed E-state index contributed by atoms with van der Waals surface area (Å²) < 4.78 is 4.69. The third kappa shape index (κ3) is 6.95. The van der Waals surface area contributed by atoms with Crippen molar-refractivity contribution in [3.05, 3.63) is 29.8 Å². The average molecular weight is 293 g/mol. The Bertz CT molecular complexity index is 517. The SMILES string of the molecule is CCOC(=O)CNC(=O)NCc1cccc(NC(C)=O)c1. The largest absolute Gasteiger partial charge is 0.465 e. The number of amides is 3. The molecule has 0 aliphatic rings. The molecule has 7 heteroatoms. The van der Waals surface area contributed by atoms with Crippen molar-refractivity contribution in [2.75, 3.05) is 18.5 Å². The molecule has 21 heavy (non-hydrogen) atoms. The number of benzene rings is 1. The van der Waals surface area contributed by atoms with E-state index in [0.29, 0.717) is 5.69 Å². The molecule has 3 N–H and O–H groups in total. The van der Waals surface area contributed by atoms with Gasteiger partial charge in [-0.05, 0) is 24.6 Å². The van der Waals surface area contributed by atoms with E-state index in [1.807, 2.05) is 6.07 Å². The van der Waals surface area contributed by atoms with Crippen molar-refractivity contribution in [1.82, 2.24) is 10.6 Å². The summed E-state index contributed by atoms with van der Waals surface area (Å²) in [7, 11) is 0. The summed E-state index contributed by atoms with van der Waals surface area (Å²) in [6.07, 6.45) is 0. The predicted molar refractivity (Wildman–Crippen MR) is 77.6 cm³/mol. The van der Waals surface area contributed by atoms with Gasteiger partial charge in [0.25, 0.3) is 0 Å². The predicted octanol–water partition coefficient (Wildman–Crippen LogP) is 1.01. The number of nitrogens with one attached hydrogen (secondary N) is 3. The van der Waals surface area contributed by atoms with Crippen LogP contribution in [0.3, 0.4) is 0 Å². The van der Waals surface area contributed by atoms with Gasteiger partial charge in [-0.3, -0.25) is 9.59 Å². The topological polar surface area (TPSA) is 96.5 Å². The average Bonchev–Trinajstić information content (AvgIpc) is 2.43. The van der Waals surface area contributed by atoms with Crippen molar-refractivity contribution in [2.45, 2.75) is 20.4 Å². The minimum absolute atomic E-state index is 0.160. The number of carbonyl (C=O) groups excluding carboxylic acids is 3. The summed E-state index contributed by atoms with van der Waals surface area (Å²) in [5.41, 5.74) is 1.49. The Hall–Kier alpha value is -2.57. The molecule has 0 unspecified atom stereocenters. The maximum absolute atomic E-state index is 11.5. The van der Waals surface area contributed by atoms with Gasteiger partial charge in [0.1, 0.15) is 6.54 Å². The monoisotopic (exact) mass is 293 g/mol. The second-order valence-electron chi connectivity index (χ2n) is 4.22. The highest BCUT2D eigenvalue weighted by Crippen LogP contribution is 2.10. The zero-order chi connectivity index (χ0) is 15.7. The zero-order valence-corrected chi connectivity index (χ0v) is 12.1. The van der Waals surface area contributed by atoms with Crippen molar-refractivity contribution in [1.29, 1.82) is 0 Å². The summed E-state index contributed by atoms with van der Waals surface area (Å²) in [6, 6.07) is 6.64. The summed E-state index contributed by atoms with van der Waals surface area (Å²) in [5, 5.41) is 7.65. The van der Waals surface area contributed by atoms with Crippen molar-refractivity contribution >= 4 is 23.6 Å². The highest BCUT2D eigenvalue weighted by atomic mass is 16.5. The summed E-state index contributed by atoms with van der Waals surface area (Å²) >= 11 is 0. The summed E-state index contributed by atoms with van der Waals surface area (Å²) in [6.45, 7) is 3.50. The first kappa shape index (κ1) is 16.5. The molecule has 0 atom stereocenters. The lowest BCUT2D eigenvalue weighted by molar-refractivity contribution is -0.141. The van der Waals surface area contributed by atoms with E-state index in [4.69, 9.17) is 0 Å². The number of esters is 1. The Morgan fingerprint density at radius 3 is 2.62 bits per heavy atom. The molecule has 0 bridgehead atoms. The van der Waals surface area contributed by atoms with Gasteiger partial charge < -0.3 is 20.7 Å². The van der Waals surface area contributed by atoms with Gasteiger partial charge in [-0.1, -0.05) is 12.1 Å². The molecule has 0 aliphatic heterocycles. The minimum atomic E-state index is -0.486. The fraction of sp³-hybridized carbons (Fsp3) is 0.357. The van der Waals surface area contributed by atoms with Gasteiger partial charge in [0.15, 0.2) is 0 Å². The van der Waals surface area contributed by atoms with E-state index in [0.717, 1.165) is 5.56 Å². The number of rotatable bonds is 6. The van der Waals surface area contributed by atoms with E-state index in [9.17, 15) is 14.4 Å². The molecule has 3 amide bonds. The molecule has 0 aliphatic carbocycles. The fourth-order valence-corrected chi connectivity index (χ4v) is 1.57. The third-order valence-corrected chi connectivity index (χ3v) is 2.40. The minimum Gasteiger partial charge on any atom is -0.465 e. The van der Waals surface area contributed by atoms with Crippen molar-refractivity contribution in [3.63, 3.8) is 0 Å². The van der Waals surface area contributed by atoms with Crippen LogP contribution in [0.1, 0.15) is 19.4 Å². The Labute approximate surface area is 123 Å². The molecule has 1 rings (SSSR count). The summed E-state index contributed by atoms with van der Waals surface area (Å²) in [4.78, 5) is 33.5. The molecule has 0 spiro atoms. The van der Waals surface area contributed by atoms with E-state index in [-0.39, 0.29) is 25.6 Å². The number of urea groups is 1. The molecule has 7 nitrogen and oxygen atoms in total. The van der Waals surface area contributed by atoms with Gasteiger partial charge in [-0.25, -0.2) is 4.79 Å². The van der Waals surface area contributed by atoms with Crippen LogP contribution in [0.25, 0.3) is 0 Å². The van der Waals surface area contributed by atoms with Crippen molar-refractivity contribution in [2.24, 2.45) is 0 Å². The number of anilines is 1. The van der Waals surface area contributed by atoms with Gasteiger partial charge >= 0.3 is 12.0 Å². The van der Waals surface area contributed by atoms with Crippen LogP contribution in [0.2, 0.25) is 0 Å². The zero-order valence-electron chi connectivity index (χ0n) is 12.1. The molecule has 0 aromatic heterocycles. The van der Waals surface area contributed by atoms with Gasteiger partial charge in [0, 0.05) is 19.2 Å². The second kappa shape index (κ2) is 8.57. The fourth-order valence-electron chi connectivity index (χ4n) is 1.57. The van der Waals surface area contributed by atoms with Crippen LogP contribution in [0.4, 0.5) is 10.5 Å². The molecule has 0 radical (unpaired) electrons. The Balaban J connectivity index is 2.39. The molecule has 1 aromatic rings. The van der Waals surface area contributed by atoms with Crippen LogP contribution in [-0.2, 0) is 20.9 Å². The first-order chi connectivity index (χ1) is 10.0. The van der Waals surface area contributed by atoms with Gasteiger partial charge in [-0.15, -0.1) is 0 Å². The molecule has 0 saturated carbocycles. The lowest BCUT2D eigenvalue weighted by Gasteiger charge is -2.09. The molecular formula is C14H19N3O4. The van der Waals surface area contributed by atoms with Crippen LogP contribution >= 0.6 is 0 Å². The van der Waals surface area contributed by atoms with Crippen LogP contribution in [0.15, 0.2) is 24.3 Å². The first-order valence-corrected chi connectivity index (χ1v) is 6.55. The van der Waals surface area contributed by atoms with Crippen LogP contribution in [-0.4, -0.2) is 31.1 Å². The number of hydrogen-bond donors (Lipinski definition) is 3. The van der Waals surface area contributed by atoms with E-state index in [1.54, 1.807) is 25.1 Å². The third-order valence-electron chi connectivity index (χ3n) is 2.40. The van der Waals surface area contributed by atoms with Crippen molar-refractivity contribution in [3.8, 4) is 0 Å². The van der Waals surface area contributed by atoms with Crippen molar-refractivity contribution < 1.29 is 19.1 Å². The van der Waals surface area contributed by atoms with Gasteiger partial charge in [0.05, 0.1) is 6.61 Å². The van der Waals surface area contributed by atoms with Crippen LogP contribution < -0.4 is 16.0 Å². The number of hydrogen-bond acceptors (Lipinski definition) is 4. The Morgan fingerprint density at radius 1 is 1.19 bits per heavy atom. The maximum Gasteiger partial charge on any atom is 0.325 e. The highest BCUT2D eigenvalue weighted by Gasteiger charge is 2.05. The first-order valence-electron chi connectivity index (χ1n) is 6.55. The molecular weight excluding hydrogens is 274 g/mol. The Kier molecular flexibility index (Phi) is 6.73. The van der Waals surface area contributed by atoms with Gasteiger partial charge in [0.2, 0.25) is 5.91 Å². The number of carbonyl (C=O) groups is 3. The maximum atomic E-state index is 11.5. The molecule has 1 aromatic carbocycles.